The molecule has 0 spiro atoms. The standard InChI is InChI=1S/C20H25F2O2.Y/c1-13-2-4-14(5-3-13)15-6-8-16(9-7-15)20(23)24-19-11-17(21)10-18(22)12-19;/h11-16H,2-9H2,1H3;/q-1;+3. The molecule has 0 amide bonds. The van der Waals surface area contributed by atoms with Gasteiger partial charge in [0, 0.05) is 17.4 Å². The molecule has 1 aromatic carbocycles. The second-order valence-corrected chi connectivity index (χ2v) is 7.56. The van der Waals surface area contributed by atoms with E-state index in [-0.39, 0.29) is 50.3 Å². The smallest absolute Gasteiger partial charge is 0.453 e. The van der Waals surface area contributed by atoms with Gasteiger partial charge in [-0.1, -0.05) is 31.9 Å². The van der Waals surface area contributed by atoms with Gasteiger partial charge in [0.1, 0.15) is 0 Å². The monoisotopic (exact) mass is 424 g/mol. The number of esters is 1. The summed E-state index contributed by atoms with van der Waals surface area (Å²) >= 11 is 0. The van der Waals surface area contributed by atoms with Crippen LogP contribution in [0.1, 0.15) is 58.3 Å². The molecular weight excluding hydrogens is 399 g/mol. The number of carbonyl (C=O) groups excluding carboxylic acids is 1. The van der Waals surface area contributed by atoms with E-state index in [0.717, 1.165) is 55.6 Å². The fourth-order valence-corrected chi connectivity index (χ4v) is 4.32. The molecule has 132 valence electrons. The van der Waals surface area contributed by atoms with Crippen LogP contribution in [0.25, 0.3) is 0 Å². The van der Waals surface area contributed by atoms with Crippen molar-refractivity contribution in [3.8, 4) is 5.75 Å². The molecule has 3 rings (SSSR count). The quantitative estimate of drug-likeness (QED) is 0.374. The maximum atomic E-state index is 13.1. The molecule has 0 N–H and O–H groups in total. The maximum Gasteiger partial charge on any atom is 3.00 e. The van der Waals surface area contributed by atoms with E-state index >= 15 is 0 Å². The Kier molecular flexibility index (Phi) is 8.01. The van der Waals surface area contributed by atoms with E-state index in [1.807, 2.05) is 6.07 Å². The van der Waals surface area contributed by atoms with Crippen molar-refractivity contribution in [1.29, 1.82) is 0 Å². The van der Waals surface area contributed by atoms with Crippen molar-refractivity contribution in [2.24, 2.45) is 23.7 Å². The summed E-state index contributed by atoms with van der Waals surface area (Å²) in [5.41, 5.74) is 0. The fourth-order valence-electron chi connectivity index (χ4n) is 4.32. The Morgan fingerprint density at radius 2 is 1.44 bits per heavy atom. The molecular formula is C20H25F2O2Y+2. The van der Waals surface area contributed by atoms with Crippen molar-refractivity contribution in [2.45, 2.75) is 58.3 Å². The molecule has 2 fully saturated rings. The predicted molar refractivity (Wildman–Crippen MR) is 87.4 cm³/mol. The Morgan fingerprint density at radius 1 is 0.960 bits per heavy atom. The fraction of sp³-hybridized carbons (Fsp3) is 0.650. The first kappa shape index (κ1) is 21.0. The summed E-state index contributed by atoms with van der Waals surface area (Å²) in [7, 11) is 0. The number of ether oxygens (including phenoxy) is 1. The van der Waals surface area contributed by atoms with Crippen molar-refractivity contribution in [1.82, 2.24) is 0 Å². The zero-order chi connectivity index (χ0) is 17.1. The van der Waals surface area contributed by atoms with Crippen LogP contribution in [-0.4, -0.2) is 5.97 Å². The molecule has 0 unspecified atom stereocenters. The van der Waals surface area contributed by atoms with E-state index in [1.54, 1.807) is 0 Å². The van der Waals surface area contributed by atoms with Crippen LogP contribution in [0.5, 0.6) is 5.75 Å². The van der Waals surface area contributed by atoms with Crippen molar-refractivity contribution in [3.05, 3.63) is 29.8 Å². The zero-order valence-electron chi connectivity index (χ0n) is 14.8. The van der Waals surface area contributed by atoms with Gasteiger partial charge in [0.05, 0.1) is 5.92 Å². The van der Waals surface area contributed by atoms with Crippen molar-refractivity contribution >= 4 is 5.97 Å². The minimum atomic E-state index is -0.854. The molecule has 2 aliphatic rings. The van der Waals surface area contributed by atoms with E-state index in [9.17, 15) is 13.6 Å². The molecule has 0 heterocycles. The number of rotatable bonds is 3. The molecule has 2 aliphatic carbocycles. The molecule has 1 aromatic rings. The number of hydrogen-bond donors (Lipinski definition) is 0. The summed E-state index contributed by atoms with van der Waals surface area (Å²) in [5.74, 6) is 0.0956. The second kappa shape index (κ2) is 9.55. The third-order valence-electron chi connectivity index (χ3n) is 5.83. The van der Waals surface area contributed by atoms with Crippen LogP contribution in [0.4, 0.5) is 8.78 Å². The predicted octanol–water partition coefficient (Wildman–Crippen LogP) is 5.30. The third-order valence-corrected chi connectivity index (χ3v) is 5.83. The Bertz CT molecular complexity index is 557. The molecule has 0 radical (unpaired) electrons. The van der Waals surface area contributed by atoms with Crippen molar-refractivity contribution in [2.75, 3.05) is 0 Å². The second-order valence-electron chi connectivity index (χ2n) is 7.56. The van der Waals surface area contributed by atoms with E-state index in [4.69, 9.17) is 4.74 Å². The van der Waals surface area contributed by atoms with Gasteiger partial charge in [-0.15, -0.1) is 6.07 Å². The Morgan fingerprint density at radius 3 is 1.96 bits per heavy atom. The molecule has 0 bridgehead atoms. The summed E-state index contributed by atoms with van der Waals surface area (Å²) in [6.45, 7) is 2.33. The van der Waals surface area contributed by atoms with Crippen LogP contribution in [0.3, 0.4) is 0 Å². The van der Waals surface area contributed by atoms with Crippen molar-refractivity contribution < 1.29 is 51.0 Å². The van der Waals surface area contributed by atoms with Gasteiger partial charge in [-0.25, -0.2) is 8.78 Å². The molecule has 0 aromatic heterocycles. The number of hydrogen-bond acceptors (Lipinski definition) is 2. The summed E-state index contributed by atoms with van der Waals surface area (Å²) in [4.78, 5) is 12.2. The van der Waals surface area contributed by atoms with Gasteiger partial charge in [-0.3, -0.25) is 4.79 Å². The van der Waals surface area contributed by atoms with Gasteiger partial charge >= 0.3 is 38.7 Å². The maximum absolute atomic E-state index is 13.1. The summed E-state index contributed by atoms with van der Waals surface area (Å²) in [6, 6.07) is 3.88. The van der Waals surface area contributed by atoms with E-state index in [2.05, 4.69) is 6.92 Å². The first-order chi connectivity index (χ1) is 11.5. The van der Waals surface area contributed by atoms with Crippen LogP contribution in [0.2, 0.25) is 0 Å². The molecule has 25 heavy (non-hydrogen) atoms. The number of carbonyl (C=O) groups is 1. The van der Waals surface area contributed by atoms with Gasteiger partial charge in [0.25, 0.3) is 0 Å². The van der Waals surface area contributed by atoms with Gasteiger partial charge in [0.2, 0.25) is 0 Å². The van der Waals surface area contributed by atoms with Crippen LogP contribution in [-0.2, 0) is 37.5 Å². The molecule has 0 aliphatic heterocycles. The van der Waals surface area contributed by atoms with E-state index < -0.39 is 11.6 Å². The SMILES string of the molecule is CC1CCC(C2CCC(C(=O)Oc3cc(F)[c-]c(F)c3)CC2)CC1.[Y+3]. The zero-order valence-corrected chi connectivity index (χ0v) is 17.6. The summed E-state index contributed by atoms with van der Waals surface area (Å²) < 4.78 is 31.4. The third kappa shape index (κ3) is 5.82. The Balaban J connectivity index is 0.00000225. The average Bonchev–Trinajstić information content (AvgIpc) is 2.55. The first-order valence-electron chi connectivity index (χ1n) is 9.11. The number of halogens is 2. The van der Waals surface area contributed by atoms with Gasteiger partial charge in [0.15, 0.2) is 0 Å². The molecule has 2 nitrogen and oxygen atoms in total. The minimum absolute atomic E-state index is 0. The summed E-state index contributed by atoms with van der Waals surface area (Å²) in [5, 5.41) is 0. The minimum Gasteiger partial charge on any atom is -0.453 e. The normalized spacial score (nSPS) is 29.6. The van der Waals surface area contributed by atoms with Gasteiger partial charge in [-0.05, 0) is 56.3 Å². The van der Waals surface area contributed by atoms with Crippen LogP contribution < -0.4 is 4.74 Å². The van der Waals surface area contributed by atoms with Crippen LogP contribution in [0, 0.1) is 41.4 Å². The molecule has 0 atom stereocenters. The van der Waals surface area contributed by atoms with Gasteiger partial charge < -0.3 is 4.74 Å². The van der Waals surface area contributed by atoms with Crippen molar-refractivity contribution in [3.63, 3.8) is 0 Å². The van der Waals surface area contributed by atoms with Crippen LogP contribution >= 0.6 is 0 Å². The van der Waals surface area contributed by atoms with E-state index in [1.165, 1.54) is 25.7 Å². The van der Waals surface area contributed by atoms with Gasteiger partial charge in [-0.2, -0.15) is 0 Å². The van der Waals surface area contributed by atoms with E-state index in [0.29, 0.717) is 0 Å². The molecule has 2 saturated carbocycles. The Labute approximate surface area is 174 Å². The molecule has 0 saturated heterocycles. The summed E-state index contributed by atoms with van der Waals surface area (Å²) in [6.07, 6.45) is 9.05. The first-order valence-corrected chi connectivity index (χ1v) is 9.11. The largest absolute Gasteiger partial charge is 3.00 e. The Hall–Kier alpha value is -0.346. The number of benzene rings is 1. The average molecular weight is 424 g/mol. The topological polar surface area (TPSA) is 26.3 Å². The van der Waals surface area contributed by atoms with Crippen LogP contribution in [0.15, 0.2) is 12.1 Å². The molecule has 5 heteroatoms.